The zero-order chi connectivity index (χ0) is 11.2. The molecule has 1 heterocycles. The minimum absolute atomic E-state index is 0.564. The van der Waals surface area contributed by atoms with E-state index in [4.69, 9.17) is 0 Å². The molecule has 2 rings (SSSR count). The molecule has 1 fully saturated rings. The summed E-state index contributed by atoms with van der Waals surface area (Å²) in [4.78, 5) is 8.40. The van der Waals surface area contributed by atoms with Gasteiger partial charge in [-0.1, -0.05) is 15.9 Å². The van der Waals surface area contributed by atoms with Crippen LogP contribution in [0.15, 0.2) is 18.5 Å². The Morgan fingerprint density at radius 3 is 2.50 bits per heavy atom. The molecule has 3 nitrogen and oxygen atoms in total. The molecule has 0 spiro atoms. The number of nitrogens with zero attached hydrogens (tertiary/aromatic N) is 2. The molecule has 0 radical (unpaired) electrons. The fraction of sp³-hybridized carbons (Fsp3) is 0.667. The van der Waals surface area contributed by atoms with Crippen LogP contribution in [-0.2, 0) is 0 Å². The lowest BCUT2D eigenvalue weighted by molar-refractivity contribution is 0.331. The number of alkyl halides is 1. The van der Waals surface area contributed by atoms with Gasteiger partial charge in [0.05, 0.1) is 0 Å². The molecule has 1 aliphatic carbocycles. The van der Waals surface area contributed by atoms with Gasteiger partial charge in [0, 0.05) is 23.8 Å². The highest BCUT2D eigenvalue weighted by Gasteiger charge is 2.20. The van der Waals surface area contributed by atoms with Crippen LogP contribution in [0.1, 0.15) is 32.1 Å². The highest BCUT2D eigenvalue weighted by atomic mass is 79.9. The number of hydrogen-bond acceptors (Lipinski definition) is 3. The van der Waals surface area contributed by atoms with Gasteiger partial charge in [-0.15, -0.1) is 0 Å². The zero-order valence-electron chi connectivity index (χ0n) is 9.40. The molecule has 1 N–H and O–H groups in total. The standard InChI is InChI=1S/C12H18BrN3/c13-7-6-10-2-4-11(5-3-10)16-12-14-8-1-9-15-12/h1,8-11H,2-7H2,(H,14,15,16). The van der Waals surface area contributed by atoms with Gasteiger partial charge in [0.1, 0.15) is 0 Å². The highest BCUT2D eigenvalue weighted by Crippen LogP contribution is 2.28. The fourth-order valence-corrected chi connectivity index (χ4v) is 2.95. The fourth-order valence-electron chi connectivity index (χ4n) is 2.31. The van der Waals surface area contributed by atoms with Crippen molar-refractivity contribution >= 4 is 21.9 Å². The van der Waals surface area contributed by atoms with Gasteiger partial charge >= 0.3 is 0 Å². The van der Waals surface area contributed by atoms with Crippen LogP contribution in [0.2, 0.25) is 0 Å². The lowest BCUT2D eigenvalue weighted by Gasteiger charge is -2.28. The SMILES string of the molecule is BrCCC1CCC(Nc2ncccn2)CC1. The third-order valence-corrected chi connectivity index (χ3v) is 3.72. The predicted molar refractivity (Wildman–Crippen MR) is 69.8 cm³/mol. The highest BCUT2D eigenvalue weighted by molar-refractivity contribution is 9.09. The summed E-state index contributed by atoms with van der Waals surface area (Å²) in [5.41, 5.74) is 0. The van der Waals surface area contributed by atoms with E-state index < -0.39 is 0 Å². The first kappa shape index (κ1) is 11.8. The Kier molecular flexibility index (Phi) is 4.57. The van der Waals surface area contributed by atoms with Crippen molar-refractivity contribution in [1.82, 2.24) is 9.97 Å². The molecule has 1 aromatic rings. The number of nitrogens with one attached hydrogen (secondary N) is 1. The lowest BCUT2D eigenvalue weighted by Crippen LogP contribution is -2.27. The van der Waals surface area contributed by atoms with E-state index in [0.29, 0.717) is 6.04 Å². The predicted octanol–water partition coefficient (Wildman–Crippen LogP) is 3.23. The zero-order valence-corrected chi connectivity index (χ0v) is 11.0. The maximum absolute atomic E-state index is 4.20. The summed E-state index contributed by atoms with van der Waals surface area (Å²) in [6, 6.07) is 2.41. The van der Waals surface area contributed by atoms with Gasteiger partial charge in [-0.3, -0.25) is 0 Å². The van der Waals surface area contributed by atoms with Crippen molar-refractivity contribution in [2.45, 2.75) is 38.1 Å². The van der Waals surface area contributed by atoms with Gasteiger partial charge in [0.25, 0.3) is 0 Å². The minimum Gasteiger partial charge on any atom is -0.351 e. The second-order valence-corrected chi connectivity index (χ2v) is 5.21. The van der Waals surface area contributed by atoms with Crippen molar-refractivity contribution in [3.8, 4) is 0 Å². The van der Waals surface area contributed by atoms with E-state index in [9.17, 15) is 0 Å². The lowest BCUT2D eigenvalue weighted by atomic mass is 9.84. The van der Waals surface area contributed by atoms with Crippen LogP contribution in [-0.4, -0.2) is 21.3 Å². The summed E-state index contributed by atoms with van der Waals surface area (Å²) in [6.07, 6.45) is 10.0. The summed E-state index contributed by atoms with van der Waals surface area (Å²) in [5.74, 6) is 1.68. The summed E-state index contributed by atoms with van der Waals surface area (Å²) < 4.78 is 0. The average molecular weight is 284 g/mol. The van der Waals surface area contributed by atoms with Gasteiger partial charge < -0.3 is 5.32 Å². The Morgan fingerprint density at radius 2 is 1.88 bits per heavy atom. The van der Waals surface area contributed by atoms with Crippen molar-refractivity contribution < 1.29 is 0 Å². The summed E-state index contributed by atoms with van der Waals surface area (Å²) in [5, 5.41) is 4.55. The molecule has 88 valence electrons. The van der Waals surface area contributed by atoms with E-state index in [1.54, 1.807) is 12.4 Å². The molecule has 0 bridgehead atoms. The minimum atomic E-state index is 0.564. The van der Waals surface area contributed by atoms with Gasteiger partial charge in [-0.2, -0.15) is 0 Å². The van der Waals surface area contributed by atoms with Crippen LogP contribution in [0.4, 0.5) is 5.95 Å². The Morgan fingerprint density at radius 1 is 1.19 bits per heavy atom. The molecule has 1 aliphatic rings. The van der Waals surface area contributed by atoms with Crippen molar-refractivity contribution in [3.63, 3.8) is 0 Å². The van der Waals surface area contributed by atoms with E-state index in [1.807, 2.05) is 6.07 Å². The molecule has 0 amide bonds. The number of hydrogen-bond donors (Lipinski definition) is 1. The van der Waals surface area contributed by atoms with E-state index in [0.717, 1.165) is 17.2 Å². The Bertz CT molecular complexity index is 296. The van der Waals surface area contributed by atoms with Crippen LogP contribution in [0.3, 0.4) is 0 Å². The first-order chi connectivity index (χ1) is 7.88. The van der Waals surface area contributed by atoms with E-state index in [-0.39, 0.29) is 0 Å². The summed E-state index contributed by atoms with van der Waals surface area (Å²) >= 11 is 3.52. The van der Waals surface area contributed by atoms with Crippen LogP contribution in [0, 0.1) is 5.92 Å². The Balaban J connectivity index is 1.77. The van der Waals surface area contributed by atoms with Crippen molar-refractivity contribution in [2.75, 3.05) is 10.6 Å². The summed E-state index contributed by atoms with van der Waals surface area (Å²) in [7, 11) is 0. The number of anilines is 1. The largest absolute Gasteiger partial charge is 0.351 e. The van der Waals surface area contributed by atoms with Crippen LogP contribution in [0.25, 0.3) is 0 Å². The second-order valence-electron chi connectivity index (χ2n) is 4.41. The molecule has 0 aromatic carbocycles. The molecular weight excluding hydrogens is 266 g/mol. The third kappa shape index (κ3) is 3.44. The normalized spacial score (nSPS) is 25.3. The monoisotopic (exact) mass is 283 g/mol. The quantitative estimate of drug-likeness (QED) is 0.863. The van der Waals surface area contributed by atoms with Gasteiger partial charge in [-0.05, 0) is 44.1 Å². The van der Waals surface area contributed by atoms with Crippen molar-refractivity contribution in [2.24, 2.45) is 5.92 Å². The first-order valence-electron chi connectivity index (χ1n) is 5.98. The Hall–Kier alpha value is -0.640. The summed E-state index contributed by atoms with van der Waals surface area (Å²) in [6.45, 7) is 0. The molecule has 0 unspecified atom stereocenters. The van der Waals surface area contributed by atoms with Gasteiger partial charge in [0.2, 0.25) is 5.95 Å². The van der Waals surface area contributed by atoms with E-state index >= 15 is 0 Å². The van der Waals surface area contributed by atoms with E-state index in [1.165, 1.54) is 32.1 Å². The molecular formula is C12H18BrN3. The first-order valence-corrected chi connectivity index (χ1v) is 7.10. The number of aromatic nitrogens is 2. The molecule has 0 atom stereocenters. The van der Waals surface area contributed by atoms with E-state index in [2.05, 4.69) is 31.2 Å². The van der Waals surface area contributed by atoms with Crippen molar-refractivity contribution in [1.29, 1.82) is 0 Å². The smallest absolute Gasteiger partial charge is 0.222 e. The maximum atomic E-state index is 4.20. The topological polar surface area (TPSA) is 37.8 Å². The second kappa shape index (κ2) is 6.18. The molecule has 0 aliphatic heterocycles. The van der Waals surface area contributed by atoms with Crippen LogP contribution >= 0.6 is 15.9 Å². The third-order valence-electron chi connectivity index (χ3n) is 3.26. The van der Waals surface area contributed by atoms with Crippen LogP contribution in [0.5, 0.6) is 0 Å². The molecule has 1 aromatic heterocycles. The average Bonchev–Trinajstić information content (AvgIpc) is 2.33. The Labute approximate surface area is 105 Å². The maximum Gasteiger partial charge on any atom is 0.222 e. The number of halogens is 1. The van der Waals surface area contributed by atoms with Gasteiger partial charge in [0.15, 0.2) is 0 Å². The molecule has 1 saturated carbocycles. The molecule has 4 heteroatoms. The van der Waals surface area contributed by atoms with Crippen LogP contribution < -0.4 is 5.32 Å². The van der Waals surface area contributed by atoms with Gasteiger partial charge in [-0.25, -0.2) is 9.97 Å². The van der Waals surface area contributed by atoms with Crippen molar-refractivity contribution in [3.05, 3.63) is 18.5 Å². The molecule has 16 heavy (non-hydrogen) atoms. The molecule has 0 saturated heterocycles. The number of rotatable bonds is 4.